The van der Waals surface area contributed by atoms with E-state index in [1.54, 1.807) is 13.2 Å². The van der Waals surface area contributed by atoms with Gasteiger partial charge in [-0.2, -0.15) is 0 Å². The van der Waals surface area contributed by atoms with Crippen LogP contribution in [-0.4, -0.2) is 57.2 Å². The lowest BCUT2D eigenvalue weighted by Crippen LogP contribution is -2.39. The topological polar surface area (TPSA) is 89.1 Å². The lowest BCUT2D eigenvalue weighted by Gasteiger charge is -2.21. The van der Waals surface area contributed by atoms with Gasteiger partial charge in [0, 0.05) is 6.54 Å². The Balaban J connectivity index is 1.45. The summed E-state index contributed by atoms with van der Waals surface area (Å²) in [5.41, 5.74) is 2.59. The Labute approximate surface area is 176 Å². The van der Waals surface area contributed by atoms with Crippen LogP contribution in [0.2, 0.25) is 0 Å². The largest absolute Gasteiger partial charge is 0.495 e. The van der Waals surface area contributed by atoms with Crippen LogP contribution in [0.25, 0.3) is 0 Å². The first-order chi connectivity index (χ1) is 14.4. The van der Waals surface area contributed by atoms with Crippen LogP contribution in [0.5, 0.6) is 17.2 Å². The molecule has 0 bridgehead atoms. The van der Waals surface area contributed by atoms with E-state index in [1.165, 1.54) is 0 Å². The zero-order valence-electron chi connectivity index (χ0n) is 17.5. The molecule has 0 atom stereocenters. The van der Waals surface area contributed by atoms with Crippen LogP contribution in [0, 0.1) is 6.92 Å². The highest BCUT2D eigenvalue weighted by molar-refractivity contribution is 5.96. The number of rotatable bonds is 8. The molecular formula is C22H27N3O5. The summed E-state index contributed by atoms with van der Waals surface area (Å²) in [6, 6.07) is 11.3. The fraction of sp³-hybridized carbons (Fsp3) is 0.364. The number of hydrogen-bond acceptors (Lipinski definition) is 6. The molecule has 0 spiro atoms. The van der Waals surface area contributed by atoms with Crippen molar-refractivity contribution < 1.29 is 23.8 Å². The molecule has 1 aliphatic rings. The quantitative estimate of drug-likeness (QED) is 0.688. The number of carbonyl (C=O) groups is 2. The zero-order chi connectivity index (χ0) is 21.5. The summed E-state index contributed by atoms with van der Waals surface area (Å²) in [4.78, 5) is 26.3. The molecule has 30 heavy (non-hydrogen) atoms. The number of anilines is 1. The Kier molecular flexibility index (Phi) is 7.13. The van der Waals surface area contributed by atoms with Gasteiger partial charge in [-0.3, -0.25) is 14.5 Å². The van der Waals surface area contributed by atoms with Crippen LogP contribution < -0.4 is 24.8 Å². The number of carbonyl (C=O) groups excluding carboxylic acids is 2. The van der Waals surface area contributed by atoms with Crippen molar-refractivity contribution in [3.05, 3.63) is 47.5 Å². The summed E-state index contributed by atoms with van der Waals surface area (Å²) in [5.74, 6) is 1.48. The standard InChI is InChI=1S/C22H27N3O5/c1-15-4-6-18(28-3)17(10-15)24-21(26)12-23-22(27)14-25(2)13-16-5-7-19-20(11-16)30-9-8-29-19/h4-7,10-11H,8-9,12-14H2,1-3H3,(H,23,27)(H,24,26). The number of likely N-dealkylation sites (N-methyl/N-ethyl adjacent to an activating group) is 1. The van der Waals surface area contributed by atoms with Gasteiger partial charge >= 0.3 is 0 Å². The molecular weight excluding hydrogens is 386 g/mol. The molecule has 3 rings (SSSR count). The van der Waals surface area contributed by atoms with Gasteiger partial charge in [-0.1, -0.05) is 12.1 Å². The van der Waals surface area contributed by atoms with E-state index >= 15 is 0 Å². The van der Waals surface area contributed by atoms with Crippen molar-refractivity contribution in [2.75, 3.05) is 45.8 Å². The predicted octanol–water partition coefficient (Wildman–Crippen LogP) is 1.96. The molecule has 2 aromatic rings. The third-order valence-electron chi connectivity index (χ3n) is 4.55. The minimum absolute atomic E-state index is 0.117. The number of hydrogen-bond donors (Lipinski definition) is 2. The summed E-state index contributed by atoms with van der Waals surface area (Å²) in [7, 11) is 3.38. The average molecular weight is 413 g/mol. The number of nitrogens with zero attached hydrogens (tertiary/aromatic N) is 1. The van der Waals surface area contributed by atoms with E-state index in [0.717, 1.165) is 22.6 Å². The van der Waals surface area contributed by atoms with Gasteiger partial charge in [-0.25, -0.2) is 0 Å². The van der Waals surface area contributed by atoms with Gasteiger partial charge in [0.1, 0.15) is 19.0 Å². The Morgan fingerprint density at radius 2 is 1.83 bits per heavy atom. The van der Waals surface area contributed by atoms with Crippen LogP contribution in [0.15, 0.2) is 36.4 Å². The van der Waals surface area contributed by atoms with E-state index in [1.807, 2.05) is 49.2 Å². The maximum atomic E-state index is 12.2. The first-order valence-corrected chi connectivity index (χ1v) is 9.73. The molecule has 8 heteroatoms. The molecule has 2 aromatic carbocycles. The van der Waals surface area contributed by atoms with E-state index < -0.39 is 0 Å². The number of aryl methyl sites for hydroxylation is 1. The molecule has 0 saturated heterocycles. The van der Waals surface area contributed by atoms with Crippen molar-refractivity contribution in [2.24, 2.45) is 0 Å². The van der Waals surface area contributed by atoms with Crippen LogP contribution in [0.1, 0.15) is 11.1 Å². The average Bonchev–Trinajstić information content (AvgIpc) is 2.72. The lowest BCUT2D eigenvalue weighted by molar-refractivity contribution is -0.124. The Hall–Kier alpha value is -3.26. The molecule has 0 unspecified atom stereocenters. The summed E-state index contributed by atoms with van der Waals surface area (Å²) >= 11 is 0. The van der Waals surface area contributed by atoms with E-state index in [-0.39, 0.29) is 24.9 Å². The Morgan fingerprint density at radius 1 is 1.07 bits per heavy atom. The zero-order valence-corrected chi connectivity index (χ0v) is 17.5. The highest BCUT2D eigenvalue weighted by Gasteiger charge is 2.14. The fourth-order valence-corrected chi connectivity index (χ4v) is 3.15. The van der Waals surface area contributed by atoms with Crippen molar-refractivity contribution in [2.45, 2.75) is 13.5 Å². The lowest BCUT2D eigenvalue weighted by atomic mass is 10.2. The second-order valence-electron chi connectivity index (χ2n) is 7.18. The number of methoxy groups -OCH3 is 1. The van der Waals surface area contributed by atoms with E-state index in [0.29, 0.717) is 31.2 Å². The van der Waals surface area contributed by atoms with Gasteiger partial charge in [0.25, 0.3) is 0 Å². The van der Waals surface area contributed by atoms with Crippen molar-refractivity contribution in [3.8, 4) is 17.2 Å². The van der Waals surface area contributed by atoms with Crippen LogP contribution in [-0.2, 0) is 16.1 Å². The van der Waals surface area contributed by atoms with Crippen molar-refractivity contribution >= 4 is 17.5 Å². The normalized spacial score (nSPS) is 12.4. The third-order valence-corrected chi connectivity index (χ3v) is 4.55. The van der Waals surface area contributed by atoms with Crippen LogP contribution in [0.4, 0.5) is 5.69 Å². The molecule has 2 amide bonds. The molecule has 0 radical (unpaired) electrons. The first kappa shape index (κ1) is 21.4. The Morgan fingerprint density at radius 3 is 2.60 bits per heavy atom. The predicted molar refractivity (Wildman–Crippen MR) is 113 cm³/mol. The third kappa shape index (κ3) is 5.87. The van der Waals surface area contributed by atoms with Crippen LogP contribution >= 0.6 is 0 Å². The van der Waals surface area contributed by atoms with Gasteiger partial charge in [-0.15, -0.1) is 0 Å². The smallest absolute Gasteiger partial charge is 0.243 e. The van der Waals surface area contributed by atoms with Crippen molar-refractivity contribution in [1.29, 1.82) is 0 Å². The van der Waals surface area contributed by atoms with E-state index in [2.05, 4.69) is 10.6 Å². The summed E-state index contributed by atoms with van der Waals surface area (Å²) in [5, 5.41) is 5.41. The second-order valence-corrected chi connectivity index (χ2v) is 7.18. The molecule has 8 nitrogen and oxygen atoms in total. The molecule has 1 aliphatic heterocycles. The van der Waals surface area contributed by atoms with Gasteiger partial charge in [0.15, 0.2) is 11.5 Å². The minimum atomic E-state index is -0.318. The molecule has 0 aromatic heterocycles. The minimum Gasteiger partial charge on any atom is -0.495 e. The summed E-state index contributed by atoms with van der Waals surface area (Å²) in [6.45, 7) is 3.62. The number of nitrogens with one attached hydrogen (secondary N) is 2. The van der Waals surface area contributed by atoms with Gasteiger partial charge in [0.05, 0.1) is 25.9 Å². The second kappa shape index (κ2) is 9.98. The highest BCUT2D eigenvalue weighted by atomic mass is 16.6. The highest BCUT2D eigenvalue weighted by Crippen LogP contribution is 2.31. The fourth-order valence-electron chi connectivity index (χ4n) is 3.15. The van der Waals surface area contributed by atoms with Gasteiger partial charge < -0.3 is 24.8 Å². The molecule has 1 heterocycles. The van der Waals surface area contributed by atoms with Gasteiger partial charge in [-0.05, 0) is 49.4 Å². The maximum absolute atomic E-state index is 12.2. The van der Waals surface area contributed by atoms with Gasteiger partial charge in [0.2, 0.25) is 11.8 Å². The molecule has 0 aliphatic carbocycles. The molecule has 2 N–H and O–H groups in total. The Bertz CT molecular complexity index is 916. The molecule has 0 fully saturated rings. The van der Waals surface area contributed by atoms with Crippen molar-refractivity contribution in [1.82, 2.24) is 10.2 Å². The molecule has 160 valence electrons. The maximum Gasteiger partial charge on any atom is 0.243 e. The molecule has 0 saturated carbocycles. The SMILES string of the molecule is COc1ccc(C)cc1NC(=O)CNC(=O)CN(C)Cc1ccc2c(c1)OCCO2. The number of ether oxygens (including phenoxy) is 3. The van der Waals surface area contributed by atoms with E-state index in [9.17, 15) is 9.59 Å². The first-order valence-electron chi connectivity index (χ1n) is 9.73. The summed E-state index contributed by atoms with van der Waals surface area (Å²) in [6.07, 6.45) is 0. The van der Waals surface area contributed by atoms with Crippen LogP contribution in [0.3, 0.4) is 0 Å². The monoisotopic (exact) mass is 413 g/mol. The number of benzene rings is 2. The van der Waals surface area contributed by atoms with E-state index in [4.69, 9.17) is 14.2 Å². The number of amides is 2. The summed E-state index contributed by atoms with van der Waals surface area (Å²) < 4.78 is 16.4. The number of fused-ring (bicyclic) bond motifs is 1. The van der Waals surface area contributed by atoms with Crippen molar-refractivity contribution in [3.63, 3.8) is 0 Å².